The quantitative estimate of drug-likeness (QED) is 0.790. The molecule has 20 heavy (non-hydrogen) atoms. The van der Waals surface area contributed by atoms with Crippen molar-refractivity contribution in [1.82, 2.24) is 9.80 Å². The molecule has 1 fully saturated rings. The second-order valence-electron chi connectivity index (χ2n) is 4.62. The van der Waals surface area contributed by atoms with Gasteiger partial charge in [0.05, 0.1) is 18.1 Å². The SMILES string of the molecule is C#CCN1CCN(C(=O)c2ccc(OC)c(Br)c2)CC1. The number of carbonyl (C=O) groups excluding carboxylic acids is 1. The van der Waals surface area contributed by atoms with Gasteiger partial charge in [-0.1, -0.05) is 5.92 Å². The first kappa shape index (κ1) is 14.9. The minimum absolute atomic E-state index is 0.0497. The molecule has 0 spiro atoms. The van der Waals surface area contributed by atoms with Gasteiger partial charge in [0.2, 0.25) is 0 Å². The fourth-order valence-corrected chi connectivity index (χ4v) is 2.76. The van der Waals surface area contributed by atoms with E-state index in [-0.39, 0.29) is 5.91 Å². The van der Waals surface area contributed by atoms with E-state index in [1.807, 2.05) is 4.90 Å². The molecular formula is C15H17BrN2O2. The van der Waals surface area contributed by atoms with Crippen LogP contribution in [0.5, 0.6) is 5.75 Å². The molecule has 2 rings (SSSR count). The third-order valence-electron chi connectivity index (χ3n) is 3.37. The van der Waals surface area contributed by atoms with Crippen molar-refractivity contribution in [3.63, 3.8) is 0 Å². The molecule has 1 aliphatic heterocycles. The van der Waals surface area contributed by atoms with Gasteiger partial charge in [-0.3, -0.25) is 9.69 Å². The Bertz CT molecular complexity index is 531. The molecule has 0 unspecified atom stereocenters. The largest absolute Gasteiger partial charge is 0.496 e. The molecule has 0 bridgehead atoms. The number of carbonyl (C=O) groups is 1. The molecule has 106 valence electrons. The summed E-state index contributed by atoms with van der Waals surface area (Å²) in [5.74, 6) is 3.41. The first-order valence-corrected chi connectivity index (χ1v) is 7.23. The Labute approximate surface area is 127 Å². The van der Waals surface area contributed by atoms with Crippen molar-refractivity contribution in [3.8, 4) is 18.1 Å². The van der Waals surface area contributed by atoms with Crippen LogP contribution >= 0.6 is 15.9 Å². The van der Waals surface area contributed by atoms with Crippen molar-refractivity contribution < 1.29 is 9.53 Å². The summed E-state index contributed by atoms with van der Waals surface area (Å²) in [7, 11) is 1.60. The number of benzene rings is 1. The lowest BCUT2D eigenvalue weighted by Crippen LogP contribution is -2.48. The second kappa shape index (κ2) is 6.78. The Morgan fingerprint density at radius 3 is 2.65 bits per heavy atom. The fourth-order valence-electron chi connectivity index (χ4n) is 2.22. The van der Waals surface area contributed by atoms with Gasteiger partial charge < -0.3 is 9.64 Å². The van der Waals surface area contributed by atoms with Crippen molar-refractivity contribution in [3.05, 3.63) is 28.2 Å². The van der Waals surface area contributed by atoms with E-state index in [0.717, 1.165) is 23.3 Å². The van der Waals surface area contributed by atoms with Crippen molar-refractivity contribution >= 4 is 21.8 Å². The van der Waals surface area contributed by atoms with Crippen LogP contribution in [0, 0.1) is 12.3 Å². The van der Waals surface area contributed by atoms with Gasteiger partial charge in [0.15, 0.2) is 0 Å². The Morgan fingerprint density at radius 2 is 2.10 bits per heavy atom. The highest BCUT2D eigenvalue weighted by molar-refractivity contribution is 9.10. The predicted molar refractivity (Wildman–Crippen MR) is 81.9 cm³/mol. The van der Waals surface area contributed by atoms with Gasteiger partial charge in [-0.2, -0.15) is 0 Å². The molecule has 1 heterocycles. The van der Waals surface area contributed by atoms with Crippen molar-refractivity contribution in [2.45, 2.75) is 0 Å². The molecule has 4 nitrogen and oxygen atoms in total. The van der Waals surface area contributed by atoms with Gasteiger partial charge in [-0.05, 0) is 34.1 Å². The van der Waals surface area contributed by atoms with Crippen LogP contribution in [0.3, 0.4) is 0 Å². The summed E-state index contributed by atoms with van der Waals surface area (Å²) in [6.07, 6.45) is 5.30. The number of amides is 1. The highest BCUT2D eigenvalue weighted by atomic mass is 79.9. The molecule has 1 amide bonds. The average molecular weight is 337 g/mol. The lowest BCUT2D eigenvalue weighted by molar-refractivity contribution is 0.0652. The smallest absolute Gasteiger partial charge is 0.253 e. The molecule has 0 radical (unpaired) electrons. The van der Waals surface area contributed by atoms with Crippen LogP contribution in [0.25, 0.3) is 0 Å². The number of methoxy groups -OCH3 is 1. The van der Waals surface area contributed by atoms with Gasteiger partial charge in [-0.15, -0.1) is 6.42 Å². The summed E-state index contributed by atoms with van der Waals surface area (Å²) in [5, 5.41) is 0. The number of halogens is 1. The normalized spacial score (nSPS) is 15.8. The molecular weight excluding hydrogens is 320 g/mol. The molecule has 1 saturated heterocycles. The molecule has 1 aromatic rings. The lowest BCUT2D eigenvalue weighted by atomic mass is 10.1. The highest BCUT2D eigenvalue weighted by Crippen LogP contribution is 2.26. The van der Waals surface area contributed by atoms with Gasteiger partial charge >= 0.3 is 0 Å². The third kappa shape index (κ3) is 3.33. The van der Waals surface area contributed by atoms with Crippen LogP contribution in [-0.2, 0) is 0 Å². The summed E-state index contributed by atoms with van der Waals surface area (Å²) in [6, 6.07) is 5.39. The second-order valence-corrected chi connectivity index (χ2v) is 5.48. The topological polar surface area (TPSA) is 32.8 Å². The molecule has 0 saturated carbocycles. The van der Waals surface area contributed by atoms with E-state index < -0.39 is 0 Å². The minimum Gasteiger partial charge on any atom is -0.496 e. The van der Waals surface area contributed by atoms with Crippen LogP contribution in [-0.4, -0.2) is 55.5 Å². The Hall–Kier alpha value is -1.51. The summed E-state index contributed by atoms with van der Waals surface area (Å²) in [6.45, 7) is 3.73. The third-order valence-corrected chi connectivity index (χ3v) is 3.99. The first-order valence-electron chi connectivity index (χ1n) is 6.44. The van der Waals surface area contributed by atoms with E-state index in [9.17, 15) is 4.79 Å². The number of rotatable bonds is 3. The monoisotopic (exact) mass is 336 g/mol. The Morgan fingerprint density at radius 1 is 1.40 bits per heavy atom. The van der Waals surface area contributed by atoms with Gasteiger partial charge in [-0.25, -0.2) is 0 Å². The maximum atomic E-state index is 12.4. The number of ether oxygens (including phenoxy) is 1. The zero-order chi connectivity index (χ0) is 14.5. The standard InChI is InChI=1S/C15H17BrN2O2/c1-3-6-17-7-9-18(10-8-17)15(19)12-4-5-14(20-2)13(16)11-12/h1,4-5,11H,6-10H2,2H3. The molecule has 1 aromatic carbocycles. The van der Waals surface area contributed by atoms with Crippen LogP contribution in [0.2, 0.25) is 0 Å². The summed E-state index contributed by atoms with van der Waals surface area (Å²) >= 11 is 3.40. The van der Waals surface area contributed by atoms with Crippen molar-refractivity contribution in [2.75, 3.05) is 39.8 Å². The molecule has 0 N–H and O–H groups in total. The summed E-state index contributed by atoms with van der Waals surface area (Å²) in [4.78, 5) is 16.5. The van der Waals surface area contributed by atoms with Crippen LogP contribution < -0.4 is 4.74 Å². The van der Waals surface area contributed by atoms with Crippen molar-refractivity contribution in [2.24, 2.45) is 0 Å². The summed E-state index contributed by atoms with van der Waals surface area (Å²) < 4.78 is 5.96. The Kier molecular flexibility index (Phi) is 5.05. The van der Waals surface area contributed by atoms with Crippen LogP contribution in [0.4, 0.5) is 0 Å². The molecule has 1 aliphatic rings. The van der Waals surface area contributed by atoms with Crippen molar-refractivity contribution in [1.29, 1.82) is 0 Å². The van der Waals surface area contributed by atoms with E-state index in [1.165, 1.54) is 0 Å². The van der Waals surface area contributed by atoms with Crippen LogP contribution in [0.15, 0.2) is 22.7 Å². The number of terminal acetylenes is 1. The lowest BCUT2D eigenvalue weighted by Gasteiger charge is -2.33. The predicted octanol–water partition coefficient (Wildman–Crippen LogP) is 1.85. The van der Waals surface area contributed by atoms with E-state index in [1.54, 1.807) is 25.3 Å². The molecule has 0 aromatic heterocycles. The minimum atomic E-state index is 0.0497. The number of hydrogen-bond donors (Lipinski definition) is 0. The van der Waals surface area contributed by atoms with Gasteiger partial charge in [0.25, 0.3) is 5.91 Å². The maximum Gasteiger partial charge on any atom is 0.253 e. The van der Waals surface area contributed by atoms with E-state index in [0.29, 0.717) is 25.2 Å². The number of piperazine rings is 1. The van der Waals surface area contributed by atoms with Gasteiger partial charge in [0, 0.05) is 31.7 Å². The average Bonchev–Trinajstić information content (AvgIpc) is 2.47. The van der Waals surface area contributed by atoms with E-state index in [4.69, 9.17) is 11.2 Å². The maximum absolute atomic E-state index is 12.4. The zero-order valence-electron chi connectivity index (χ0n) is 11.4. The molecule has 0 atom stereocenters. The van der Waals surface area contributed by atoms with Gasteiger partial charge in [0.1, 0.15) is 5.75 Å². The first-order chi connectivity index (χ1) is 9.65. The fraction of sp³-hybridized carbons (Fsp3) is 0.400. The zero-order valence-corrected chi connectivity index (χ0v) is 13.0. The van der Waals surface area contributed by atoms with E-state index >= 15 is 0 Å². The van der Waals surface area contributed by atoms with E-state index in [2.05, 4.69) is 26.8 Å². The Balaban J connectivity index is 2.02. The van der Waals surface area contributed by atoms with Crippen LogP contribution in [0.1, 0.15) is 10.4 Å². The molecule has 5 heteroatoms. The number of hydrogen-bond acceptors (Lipinski definition) is 3. The molecule has 0 aliphatic carbocycles. The summed E-state index contributed by atoms with van der Waals surface area (Å²) in [5.41, 5.74) is 0.670. The highest BCUT2D eigenvalue weighted by Gasteiger charge is 2.22. The number of nitrogens with zero attached hydrogens (tertiary/aromatic N) is 2.